The van der Waals surface area contributed by atoms with Gasteiger partial charge in [0.15, 0.2) is 0 Å². The van der Waals surface area contributed by atoms with Gasteiger partial charge in [-0.2, -0.15) is 0 Å². The van der Waals surface area contributed by atoms with Crippen LogP contribution in [-0.4, -0.2) is 15.5 Å². The Bertz CT molecular complexity index is 1070. The van der Waals surface area contributed by atoms with Crippen LogP contribution < -0.4 is 10.9 Å². The van der Waals surface area contributed by atoms with E-state index in [0.717, 1.165) is 11.1 Å². The number of aryl methyl sites for hydroxylation is 1. The summed E-state index contributed by atoms with van der Waals surface area (Å²) in [5, 5.41) is 3.40. The molecule has 2 aromatic carbocycles. The Hall–Kier alpha value is -3.02. The molecule has 1 aromatic heterocycles. The van der Waals surface area contributed by atoms with E-state index in [1.54, 1.807) is 18.2 Å². The highest BCUT2D eigenvalue weighted by Gasteiger charge is 2.26. The van der Waals surface area contributed by atoms with Gasteiger partial charge in [-0.15, -0.1) is 0 Å². The molecule has 1 aliphatic rings. The molecule has 3 aromatic rings. The van der Waals surface area contributed by atoms with E-state index < -0.39 is 0 Å². The zero-order valence-electron chi connectivity index (χ0n) is 14.3. The third-order valence-electron chi connectivity index (χ3n) is 4.92. The highest BCUT2D eigenvalue weighted by Crippen LogP contribution is 2.32. The van der Waals surface area contributed by atoms with Crippen molar-refractivity contribution in [3.05, 3.63) is 75.6 Å². The first-order chi connectivity index (χ1) is 12.5. The van der Waals surface area contributed by atoms with Gasteiger partial charge in [0.1, 0.15) is 12.4 Å². The summed E-state index contributed by atoms with van der Waals surface area (Å²) < 4.78 is 15.1. The van der Waals surface area contributed by atoms with E-state index in [0.29, 0.717) is 29.3 Å². The number of para-hydroxylation sites is 1. The van der Waals surface area contributed by atoms with Crippen molar-refractivity contribution in [2.24, 2.45) is 0 Å². The highest BCUT2D eigenvalue weighted by atomic mass is 19.1. The van der Waals surface area contributed by atoms with Crippen LogP contribution in [0.15, 0.2) is 47.5 Å². The number of hydrogen-bond donors (Lipinski definition) is 1. The van der Waals surface area contributed by atoms with Crippen molar-refractivity contribution in [3.8, 4) is 0 Å². The highest BCUT2D eigenvalue weighted by molar-refractivity contribution is 5.81. The van der Waals surface area contributed by atoms with Gasteiger partial charge in [0.25, 0.3) is 5.56 Å². The third kappa shape index (κ3) is 2.77. The van der Waals surface area contributed by atoms with Crippen LogP contribution in [0.2, 0.25) is 0 Å². The lowest BCUT2D eigenvalue weighted by Crippen LogP contribution is -2.34. The van der Waals surface area contributed by atoms with E-state index in [4.69, 9.17) is 0 Å². The number of rotatable bonds is 3. The second kappa shape index (κ2) is 6.37. The van der Waals surface area contributed by atoms with E-state index in [2.05, 4.69) is 10.3 Å². The number of hydrogen-bond acceptors (Lipinski definition) is 3. The Morgan fingerprint density at radius 1 is 1.31 bits per heavy atom. The molecule has 4 rings (SSSR count). The molecule has 1 aliphatic carbocycles. The SMILES string of the molecule is Cc1cccc2c(=O)n(CC(=O)NC3CCc4c(F)cccc43)cnc12. The van der Waals surface area contributed by atoms with Crippen LogP contribution in [0.1, 0.15) is 29.2 Å². The van der Waals surface area contributed by atoms with E-state index in [1.807, 2.05) is 19.1 Å². The Morgan fingerprint density at radius 3 is 2.96 bits per heavy atom. The molecule has 0 fully saturated rings. The zero-order chi connectivity index (χ0) is 18.3. The number of carbonyl (C=O) groups excluding carboxylic acids is 1. The maximum atomic E-state index is 13.8. The molecular weight excluding hydrogens is 333 g/mol. The minimum atomic E-state index is -0.289. The largest absolute Gasteiger partial charge is 0.348 e. The molecular formula is C20H18FN3O2. The number of benzene rings is 2. The molecule has 0 saturated heterocycles. The Balaban J connectivity index is 1.55. The molecule has 1 amide bonds. The van der Waals surface area contributed by atoms with Crippen LogP contribution in [0.4, 0.5) is 4.39 Å². The van der Waals surface area contributed by atoms with Gasteiger partial charge in [0.05, 0.1) is 23.3 Å². The predicted octanol–water partition coefficient (Wildman–Crippen LogP) is 2.65. The second-order valence-electron chi connectivity index (χ2n) is 6.62. The summed E-state index contributed by atoms with van der Waals surface area (Å²) in [5.41, 5.74) is 2.80. The number of amides is 1. The smallest absolute Gasteiger partial charge is 0.261 e. The fourth-order valence-corrected chi connectivity index (χ4v) is 3.60. The summed E-state index contributed by atoms with van der Waals surface area (Å²) in [6.45, 7) is 1.78. The van der Waals surface area contributed by atoms with Crippen molar-refractivity contribution in [2.75, 3.05) is 0 Å². The van der Waals surface area contributed by atoms with Crippen molar-refractivity contribution in [3.63, 3.8) is 0 Å². The van der Waals surface area contributed by atoms with Crippen LogP contribution in [0.25, 0.3) is 10.9 Å². The van der Waals surface area contributed by atoms with Crippen LogP contribution in [0.3, 0.4) is 0 Å². The van der Waals surface area contributed by atoms with Gasteiger partial charge in [-0.3, -0.25) is 14.2 Å². The lowest BCUT2D eigenvalue weighted by molar-refractivity contribution is -0.122. The lowest BCUT2D eigenvalue weighted by Gasteiger charge is -2.15. The topological polar surface area (TPSA) is 64.0 Å². The minimum Gasteiger partial charge on any atom is -0.348 e. The summed E-state index contributed by atoms with van der Waals surface area (Å²) >= 11 is 0. The summed E-state index contributed by atoms with van der Waals surface area (Å²) in [6.07, 6.45) is 2.66. The number of nitrogens with one attached hydrogen (secondary N) is 1. The van der Waals surface area contributed by atoms with Gasteiger partial charge in [0.2, 0.25) is 5.91 Å². The maximum absolute atomic E-state index is 13.8. The first-order valence-corrected chi connectivity index (χ1v) is 8.56. The summed E-state index contributed by atoms with van der Waals surface area (Å²) in [7, 11) is 0. The molecule has 0 spiro atoms. The predicted molar refractivity (Wildman–Crippen MR) is 96.3 cm³/mol. The van der Waals surface area contributed by atoms with E-state index in [1.165, 1.54) is 17.0 Å². The van der Waals surface area contributed by atoms with Crippen molar-refractivity contribution < 1.29 is 9.18 Å². The van der Waals surface area contributed by atoms with Crippen molar-refractivity contribution in [2.45, 2.75) is 32.4 Å². The molecule has 0 radical (unpaired) electrons. The first kappa shape index (κ1) is 16.4. The number of fused-ring (bicyclic) bond motifs is 2. The van der Waals surface area contributed by atoms with Gasteiger partial charge >= 0.3 is 0 Å². The Labute approximate surface area is 149 Å². The number of nitrogens with zero attached hydrogens (tertiary/aromatic N) is 2. The molecule has 0 bridgehead atoms. The fraction of sp³-hybridized carbons (Fsp3) is 0.250. The molecule has 1 atom stereocenters. The van der Waals surface area contributed by atoms with E-state index in [-0.39, 0.29) is 29.9 Å². The zero-order valence-corrected chi connectivity index (χ0v) is 14.3. The standard InChI is InChI=1S/C20H18FN3O2/c1-12-4-2-6-15-19(12)22-11-24(20(15)26)10-18(25)23-17-9-8-13-14(17)5-3-7-16(13)21/h2-7,11,17H,8-10H2,1H3,(H,23,25). The van der Waals surface area contributed by atoms with Gasteiger partial charge in [-0.05, 0) is 48.6 Å². The van der Waals surface area contributed by atoms with Crippen molar-refractivity contribution in [1.29, 1.82) is 0 Å². The fourth-order valence-electron chi connectivity index (χ4n) is 3.60. The van der Waals surface area contributed by atoms with Crippen LogP contribution in [-0.2, 0) is 17.8 Å². The average molecular weight is 351 g/mol. The molecule has 0 aliphatic heterocycles. The molecule has 0 saturated carbocycles. The molecule has 1 unspecified atom stereocenters. The van der Waals surface area contributed by atoms with Gasteiger partial charge in [0, 0.05) is 0 Å². The maximum Gasteiger partial charge on any atom is 0.261 e. The number of aromatic nitrogens is 2. The minimum absolute atomic E-state index is 0.114. The van der Waals surface area contributed by atoms with Crippen LogP contribution in [0, 0.1) is 12.7 Å². The molecule has 6 heteroatoms. The third-order valence-corrected chi connectivity index (χ3v) is 4.92. The number of carbonyl (C=O) groups is 1. The average Bonchev–Trinajstić information content (AvgIpc) is 3.02. The normalized spacial score (nSPS) is 15.8. The molecule has 1 N–H and O–H groups in total. The monoisotopic (exact) mass is 351 g/mol. The van der Waals surface area contributed by atoms with Crippen molar-refractivity contribution in [1.82, 2.24) is 14.9 Å². The van der Waals surface area contributed by atoms with Gasteiger partial charge < -0.3 is 5.32 Å². The molecule has 5 nitrogen and oxygen atoms in total. The Kier molecular flexibility index (Phi) is 4.03. The second-order valence-corrected chi connectivity index (χ2v) is 6.62. The molecule has 132 valence electrons. The van der Waals surface area contributed by atoms with Gasteiger partial charge in [-0.25, -0.2) is 9.37 Å². The summed E-state index contributed by atoms with van der Waals surface area (Å²) in [4.78, 5) is 29.3. The summed E-state index contributed by atoms with van der Waals surface area (Å²) in [5.74, 6) is -0.521. The molecule has 1 heterocycles. The van der Waals surface area contributed by atoms with Crippen molar-refractivity contribution >= 4 is 16.8 Å². The first-order valence-electron chi connectivity index (χ1n) is 8.56. The Morgan fingerprint density at radius 2 is 2.12 bits per heavy atom. The van der Waals surface area contributed by atoms with E-state index in [9.17, 15) is 14.0 Å². The van der Waals surface area contributed by atoms with E-state index >= 15 is 0 Å². The molecule has 26 heavy (non-hydrogen) atoms. The summed E-state index contributed by atoms with van der Waals surface area (Å²) in [6, 6.07) is 10.1. The quantitative estimate of drug-likeness (QED) is 0.789. The number of halogens is 1. The van der Waals surface area contributed by atoms with Gasteiger partial charge in [-0.1, -0.05) is 24.3 Å². The van der Waals surface area contributed by atoms with Crippen LogP contribution >= 0.6 is 0 Å². The van der Waals surface area contributed by atoms with Crippen LogP contribution in [0.5, 0.6) is 0 Å². The lowest BCUT2D eigenvalue weighted by atomic mass is 10.1.